The van der Waals surface area contributed by atoms with Gasteiger partial charge in [-0.25, -0.2) is 8.42 Å². The molecule has 0 heterocycles. The molecular formula is C21H28N2O4S. The smallest absolute Gasteiger partial charge is 0.256 e. The van der Waals surface area contributed by atoms with Gasteiger partial charge in [0.2, 0.25) is 0 Å². The molecule has 2 rings (SSSR count). The molecule has 0 atom stereocenters. The van der Waals surface area contributed by atoms with Gasteiger partial charge in [-0.3, -0.25) is 4.79 Å². The number of aryl methyl sites for hydroxylation is 2. The summed E-state index contributed by atoms with van der Waals surface area (Å²) in [5, 5.41) is 6.09. The van der Waals surface area contributed by atoms with E-state index in [-0.39, 0.29) is 10.5 Å². The van der Waals surface area contributed by atoms with Crippen molar-refractivity contribution in [1.29, 1.82) is 0 Å². The molecule has 0 saturated heterocycles. The topological polar surface area (TPSA) is 84.5 Å². The molecule has 0 saturated carbocycles. The summed E-state index contributed by atoms with van der Waals surface area (Å²) in [6.07, 6.45) is 1.09. The van der Waals surface area contributed by atoms with E-state index in [0.29, 0.717) is 18.3 Å². The molecule has 0 spiro atoms. The van der Waals surface area contributed by atoms with Gasteiger partial charge in [0.1, 0.15) is 12.4 Å². The van der Waals surface area contributed by atoms with Gasteiger partial charge in [-0.15, -0.1) is 0 Å². The second kappa shape index (κ2) is 9.21. The van der Waals surface area contributed by atoms with Crippen LogP contribution in [0, 0.1) is 13.8 Å². The van der Waals surface area contributed by atoms with Gasteiger partial charge in [0.15, 0.2) is 9.84 Å². The SMILES string of the molecule is Cc1cc(NC(=O)c2ccccc2S(C)(=O)=O)cc(C)c1OCCNC(C)C. The number of ether oxygens (including phenoxy) is 1. The van der Waals surface area contributed by atoms with Gasteiger partial charge in [0.25, 0.3) is 5.91 Å². The fraction of sp³-hybridized carbons (Fsp3) is 0.381. The maximum atomic E-state index is 12.6. The fourth-order valence-electron chi connectivity index (χ4n) is 2.93. The quantitative estimate of drug-likeness (QED) is 0.659. The summed E-state index contributed by atoms with van der Waals surface area (Å²) in [6.45, 7) is 9.28. The van der Waals surface area contributed by atoms with Crippen molar-refractivity contribution in [2.45, 2.75) is 38.6 Å². The lowest BCUT2D eigenvalue weighted by Crippen LogP contribution is -2.27. The monoisotopic (exact) mass is 404 g/mol. The Hall–Kier alpha value is -2.38. The maximum Gasteiger partial charge on any atom is 0.256 e. The zero-order valence-electron chi connectivity index (χ0n) is 17.0. The van der Waals surface area contributed by atoms with Gasteiger partial charge in [-0.2, -0.15) is 0 Å². The first kappa shape index (κ1) is 21.9. The van der Waals surface area contributed by atoms with Crippen LogP contribution >= 0.6 is 0 Å². The first-order chi connectivity index (χ1) is 13.1. The Bertz CT molecular complexity index is 930. The van der Waals surface area contributed by atoms with E-state index in [4.69, 9.17) is 4.74 Å². The number of hydrogen-bond acceptors (Lipinski definition) is 5. The molecule has 0 fully saturated rings. The van der Waals surface area contributed by atoms with Crippen LogP contribution in [0.15, 0.2) is 41.3 Å². The van der Waals surface area contributed by atoms with Crippen LogP contribution in [0.2, 0.25) is 0 Å². The Balaban J connectivity index is 2.17. The number of benzene rings is 2. The predicted octanol–water partition coefficient (Wildman–Crippen LogP) is 3.34. The second-order valence-electron chi connectivity index (χ2n) is 7.12. The van der Waals surface area contributed by atoms with Crippen molar-refractivity contribution in [2.24, 2.45) is 0 Å². The average Bonchev–Trinajstić information content (AvgIpc) is 2.59. The summed E-state index contributed by atoms with van der Waals surface area (Å²) in [4.78, 5) is 12.7. The predicted molar refractivity (Wildman–Crippen MR) is 112 cm³/mol. The highest BCUT2D eigenvalue weighted by Crippen LogP contribution is 2.28. The van der Waals surface area contributed by atoms with Gasteiger partial charge >= 0.3 is 0 Å². The molecule has 152 valence electrons. The summed E-state index contributed by atoms with van der Waals surface area (Å²) in [6, 6.07) is 10.2. The molecule has 0 aliphatic rings. The lowest BCUT2D eigenvalue weighted by molar-refractivity contribution is 0.102. The average molecular weight is 405 g/mol. The van der Waals surface area contributed by atoms with Crippen molar-refractivity contribution < 1.29 is 17.9 Å². The highest BCUT2D eigenvalue weighted by atomic mass is 32.2. The molecule has 6 nitrogen and oxygen atoms in total. The zero-order chi connectivity index (χ0) is 20.9. The van der Waals surface area contributed by atoms with Crippen molar-refractivity contribution in [1.82, 2.24) is 5.32 Å². The van der Waals surface area contributed by atoms with Gasteiger partial charge < -0.3 is 15.4 Å². The van der Waals surface area contributed by atoms with Crippen molar-refractivity contribution in [3.63, 3.8) is 0 Å². The summed E-state index contributed by atoms with van der Waals surface area (Å²) in [5.74, 6) is 0.328. The normalized spacial score (nSPS) is 11.5. The summed E-state index contributed by atoms with van der Waals surface area (Å²) in [5.41, 5.74) is 2.52. The van der Waals surface area contributed by atoms with Crippen LogP contribution in [0.4, 0.5) is 5.69 Å². The number of rotatable bonds is 8. The fourth-order valence-corrected chi connectivity index (χ4v) is 3.81. The van der Waals surface area contributed by atoms with E-state index in [1.54, 1.807) is 12.1 Å². The Kier molecular flexibility index (Phi) is 7.21. The van der Waals surface area contributed by atoms with Crippen LogP contribution in [0.5, 0.6) is 5.75 Å². The third-order valence-electron chi connectivity index (χ3n) is 4.15. The van der Waals surface area contributed by atoms with E-state index >= 15 is 0 Å². The molecule has 0 aliphatic heterocycles. The van der Waals surface area contributed by atoms with E-state index < -0.39 is 15.7 Å². The van der Waals surface area contributed by atoms with E-state index in [0.717, 1.165) is 29.7 Å². The molecule has 0 aliphatic carbocycles. The molecule has 2 aromatic carbocycles. The number of carbonyl (C=O) groups is 1. The van der Waals surface area contributed by atoms with E-state index in [9.17, 15) is 13.2 Å². The Labute approximate surface area is 167 Å². The van der Waals surface area contributed by atoms with Crippen LogP contribution in [-0.4, -0.2) is 39.8 Å². The number of nitrogens with one attached hydrogen (secondary N) is 2. The minimum Gasteiger partial charge on any atom is -0.492 e. The number of carbonyl (C=O) groups excluding carboxylic acids is 1. The Morgan fingerprint density at radius 3 is 2.29 bits per heavy atom. The third-order valence-corrected chi connectivity index (χ3v) is 5.31. The highest BCUT2D eigenvalue weighted by molar-refractivity contribution is 7.90. The molecule has 2 aromatic rings. The minimum absolute atomic E-state index is 0.0125. The Morgan fingerprint density at radius 1 is 1.11 bits per heavy atom. The van der Waals surface area contributed by atoms with Crippen molar-refractivity contribution in [3.05, 3.63) is 53.1 Å². The molecule has 1 amide bonds. The molecule has 0 unspecified atom stereocenters. The molecule has 0 bridgehead atoms. The second-order valence-corrected chi connectivity index (χ2v) is 9.10. The lowest BCUT2D eigenvalue weighted by atomic mass is 10.1. The van der Waals surface area contributed by atoms with Crippen molar-refractivity contribution in [2.75, 3.05) is 24.7 Å². The van der Waals surface area contributed by atoms with E-state index in [1.807, 2.05) is 26.0 Å². The van der Waals surface area contributed by atoms with Crippen LogP contribution in [0.3, 0.4) is 0 Å². The van der Waals surface area contributed by atoms with Crippen LogP contribution in [0.1, 0.15) is 35.3 Å². The van der Waals surface area contributed by atoms with Crippen molar-refractivity contribution >= 4 is 21.4 Å². The molecule has 7 heteroatoms. The summed E-state index contributed by atoms with van der Waals surface area (Å²) >= 11 is 0. The number of anilines is 1. The van der Waals surface area contributed by atoms with Gasteiger partial charge in [0.05, 0.1) is 10.5 Å². The molecular weight excluding hydrogens is 376 g/mol. The van der Waals surface area contributed by atoms with E-state index in [2.05, 4.69) is 24.5 Å². The zero-order valence-corrected chi connectivity index (χ0v) is 17.8. The highest BCUT2D eigenvalue weighted by Gasteiger charge is 2.18. The van der Waals surface area contributed by atoms with Crippen molar-refractivity contribution in [3.8, 4) is 5.75 Å². The minimum atomic E-state index is -3.50. The standard InChI is InChI=1S/C21H28N2O4S/c1-14(2)22-10-11-27-20-15(3)12-17(13-16(20)4)23-21(24)18-8-6-7-9-19(18)28(5,25)26/h6-9,12-14,22H,10-11H2,1-5H3,(H,23,24). The van der Waals surface area contributed by atoms with Gasteiger partial charge in [0, 0.05) is 24.5 Å². The van der Waals surface area contributed by atoms with Crippen LogP contribution in [0.25, 0.3) is 0 Å². The molecule has 2 N–H and O–H groups in total. The number of amides is 1. The molecule has 0 aromatic heterocycles. The third kappa shape index (κ3) is 5.81. The van der Waals surface area contributed by atoms with E-state index in [1.165, 1.54) is 12.1 Å². The van der Waals surface area contributed by atoms with Crippen LogP contribution in [-0.2, 0) is 9.84 Å². The lowest BCUT2D eigenvalue weighted by Gasteiger charge is -2.16. The molecule has 28 heavy (non-hydrogen) atoms. The Morgan fingerprint density at radius 2 is 1.71 bits per heavy atom. The van der Waals surface area contributed by atoms with Crippen LogP contribution < -0.4 is 15.4 Å². The first-order valence-corrected chi connectivity index (χ1v) is 11.1. The first-order valence-electron chi connectivity index (χ1n) is 9.17. The molecule has 0 radical (unpaired) electrons. The number of hydrogen-bond donors (Lipinski definition) is 2. The van der Waals surface area contributed by atoms with Gasteiger partial charge in [-0.1, -0.05) is 26.0 Å². The summed E-state index contributed by atoms with van der Waals surface area (Å²) in [7, 11) is -3.50. The number of sulfone groups is 1. The largest absolute Gasteiger partial charge is 0.492 e. The van der Waals surface area contributed by atoms with Gasteiger partial charge in [-0.05, 0) is 49.2 Å². The summed E-state index contributed by atoms with van der Waals surface area (Å²) < 4.78 is 29.7. The maximum absolute atomic E-state index is 12.6.